The predicted octanol–water partition coefficient (Wildman–Crippen LogP) is 1.86. The molecule has 7 heteroatoms. The van der Waals surface area contributed by atoms with Crippen LogP contribution in [-0.4, -0.2) is 28.6 Å². The molecule has 2 N–H and O–H groups in total. The quantitative estimate of drug-likeness (QED) is 0.640. The molecule has 0 fully saturated rings. The van der Waals surface area contributed by atoms with Crippen LogP contribution in [0.1, 0.15) is 23.7 Å². The minimum Gasteiger partial charge on any atom is -0.396 e. The molecule has 0 radical (unpaired) electrons. The number of nitrogens with one attached hydrogen (secondary N) is 1. The first-order valence-electron chi connectivity index (χ1n) is 5.31. The smallest absolute Gasteiger partial charge is 0.270 e. The van der Waals surface area contributed by atoms with Gasteiger partial charge >= 0.3 is 0 Å². The molecule has 0 saturated carbocycles. The zero-order chi connectivity index (χ0) is 13.7. The van der Waals surface area contributed by atoms with Crippen molar-refractivity contribution in [1.29, 1.82) is 0 Å². The Labute approximate surface area is 112 Å². The number of aliphatic hydroxyl groups excluding tert-OH is 1. The first-order valence-corrected chi connectivity index (χ1v) is 6.10. The van der Waals surface area contributed by atoms with Crippen LogP contribution in [-0.2, 0) is 0 Å². The maximum Gasteiger partial charge on any atom is 0.270 e. The van der Waals surface area contributed by atoms with Crippen molar-refractivity contribution in [1.82, 2.24) is 5.32 Å². The topological polar surface area (TPSA) is 92.5 Å². The third kappa shape index (κ3) is 3.78. The maximum atomic E-state index is 11.9. The van der Waals surface area contributed by atoms with Gasteiger partial charge in [-0.05, 0) is 35.3 Å². The van der Waals surface area contributed by atoms with Gasteiger partial charge in [0.2, 0.25) is 0 Å². The summed E-state index contributed by atoms with van der Waals surface area (Å²) in [5, 5.41) is 22.0. The van der Waals surface area contributed by atoms with Crippen molar-refractivity contribution in [2.24, 2.45) is 0 Å². The van der Waals surface area contributed by atoms with E-state index in [-0.39, 0.29) is 23.9 Å². The molecular weight excluding hydrogens is 304 g/mol. The summed E-state index contributed by atoms with van der Waals surface area (Å²) < 4.78 is 0.488. The predicted molar refractivity (Wildman–Crippen MR) is 69.4 cm³/mol. The molecule has 0 spiro atoms. The van der Waals surface area contributed by atoms with Crippen LogP contribution in [0.15, 0.2) is 22.7 Å². The number of hydrogen-bond acceptors (Lipinski definition) is 4. The molecule has 1 unspecified atom stereocenters. The van der Waals surface area contributed by atoms with Crippen molar-refractivity contribution in [3.8, 4) is 0 Å². The van der Waals surface area contributed by atoms with E-state index in [1.54, 1.807) is 6.92 Å². The fourth-order valence-corrected chi connectivity index (χ4v) is 1.79. The van der Waals surface area contributed by atoms with Crippen LogP contribution >= 0.6 is 15.9 Å². The minimum absolute atomic E-state index is 0.0302. The molecule has 18 heavy (non-hydrogen) atoms. The van der Waals surface area contributed by atoms with Gasteiger partial charge in [-0.2, -0.15) is 0 Å². The number of aliphatic hydroxyl groups is 1. The Morgan fingerprint density at radius 2 is 2.28 bits per heavy atom. The normalized spacial score (nSPS) is 11.9. The molecule has 0 saturated heterocycles. The molecule has 1 aromatic carbocycles. The molecule has 0 aliphatic rings. The first kappa shape index (κ1) is 14.6. The largest absolute Gasteiger partial charge is 0.396 e. The van der Waals surface area contributed by atoms with Crippen LogP contribution < -0.4 is 5.32 Å². The number of amides is 1. The highest BCUT2D eigenvalue weighted by Crippen LogP contribution is 2.22. The van der Waals surface area contributed by atoms with E-state index in [0.717, 1.165) is 0 Å². The van der Waals surface area contributed by atoms with Crippen molar-refractivity contribution < 1.29 is 14.8 Å². The van der Waals surface area contributed by atoms with Gasteiger partial charge in [0.15, 0.2) is 0 Å². The standard InChI is InChI=1S/C11H13BrN2O4/c1-7(4-5-15)13-11(16)9-6-8(14(17)18)2-3-10(9)12/h2-3,6-7,15H,4-5H2,1H3,(H,13,16). The fourth-order valence-electron chi connectivity index (χ4n) is 1.37. The molecule has 1 aromatic rings. The van der Waals surface area contributed by atoms with E-state index in [4.69, 9.17) is 5.11 Å². The monoisotopic (exact) mass is 316 g/mol. The SMILES string of the molecule is CC(CCO)NC(=O)c1cc([N+](=O)[O-])ccc1Br. The summed E-state index contributed by atoms with van der Waals surface area (Å²) in [6.07, 6.45) is 0.429. The molecule has 0 aliphatic heterocycles. The van der Waals surface area contributed by atoms with Gasteiger partial charge in [-0.15, -0.1) is 0 Å². The molecule has 0 aromatic heterocycles. The minimum atomic E-state index is -0.555. The molecule has 1 amide bonds. The summed E-state index contributed by atoms with van der Waals surface area (Å²) in [6, 6.07) is 3.79. The lowest BCUT2D eigenvalue weighted by molar-refractivity contribution is -0.384. The van der Waals surface area contributed by atoms with Crippen molar-refractivity contribution in [2.75, 3.05) is 6.61 Å². The Hall–Kier alpha value is -1.47. The summed E-state index contributed by atoms with van der Waals surface area (Å²) in [5.74, 6) is -0.411. The van der Waals surface area contributed by atoms with Gasteiger partial charge in [0.1, 0.15) is 0 Å². The van der Waals surface area contributed by atoms with Crippen LogP contribution in [0.3, 0.4) is 0 Å². The zero-order valence-electron chi connectivity index (χ0n) is 9.72. The van der Waals surface area contributed by atoms with Gasteiger partial charge in [0.05, 0.1) is 10.5 Å². The number of non-ortho nitro benzene ring substituents is 1. The van der Waals surface area contributed by atoms with Crippen molar-refractivity contribution in [2.45, 2.75) is 19.4 Å². The highest BCUT2D eigenvalue weighted by molar-refractivity contribution is 9.10. The summed E-state index contributed by atoms with van der Waals surface area (Å²) >= 11 is 3.18. The fraction of sp³-hybridized carbons (Fsp3) is 0.364. The van der Waals surface area contributed by atoms with Gasteiger partial charge < -0.3 is 10.4 Å². The van der Waals surface area contributed by atoms with Crippen molar-refractivity contribution >= 4 is 27.5 Å². The lowest BCUT2D eigenvalue weighted by atomic mass is 10.1. The number of nitrogens with zero attached hydrogens (tertiary/aromatic N) is 1. The number of carbonyl (C=O) groups is 1. The molecule has 0 heterocycles. The second kappa shape index (κ2) is 6.46. The Morgan fingerprint density at radius 1 is 1.61 bits per heavy atom. The van der Waals surface area contributed by atoms with E-state index in [9.17, 15) is 14.9 Å². The zero-order valence-corrected chi connectivity index (χ0v) is 11.3. The molecule has 0 aliphatic carbocycles. The summed E-state index contributed by atoms with van der Waals surface area (Å²) in [5.41, 5.74) is 0.0622. The van der Waals surface area contributed by atoms with Crippen LogP contribution in [0, 0.1) is 10.1 Å². The highest BCUT2D eigenvalue weighted by Gasteiger charge is 2.16. The van der Waals surface area contributed by atoms with E-state index in [1.807, 2.05) is 0 Å². The van der Waals surface area contributed by atoms with Crippen molar-refractivity contribution in [3.05, 3.63) is 38.3 Å². The van der Waals surface area contributed by atoms with Crippen molar-refractivity contribution in [3.63, 3.8) is 0 Å². The van der Waals surface area contributed by atoms with Gasteiger partial charge in [0.25, 0.3) is 11.6 Å². The lowest BCUT2D eigenvalue weighted by Gasteiger charge is -2.13. The number of nitro benzene ring substituents is 1. The number of hydrogen-bond donors (Lipinski definition) is 2. The third-order valence-electron chi connectivity index (χ3n) is 2.34. The van der Waals surface area contributed by atoms with Gasteiger partial charge in [-0.25, -0.2) is 0 Å². The molecule has 1 atom stereocenters. The number of carbonyl (C=O) groups excluding carboxylic acids is 1. The second-order valence-electron chi connectivity index (χ2n) is 3.81. The number of nitro groups is 1. The van der Waals surface area contributed by atoms with Crippen LogP contribution in [0.25, 0.3) is 0 Å². The summed E-state index contributed by atoms with van der Waals surface area (Å²) in [7, 11) is 0. The van der Waals surface area contributed by atoms with Gasteiger partial charge in [-0.3, -0.25) is 14.9 Å². The van der Waals surface area contributed by atoms with Crippen LogP contribution in [0.5, 0.6) is 0 Å². The average Bonchev–Trinajstić information content (AvgIpc) is 2.29. The van der Waals surface area contributed by atoms with Gasteiger partial charge in [0, 0.05) is 29.3 Å². The Kier molecular flexibility index (Phi) is 5.24. The van der Waals surface area contributed by atoms with Gasteiger partial charge in [-0.1, -0.05) is 0 Å². The number of halogens is 1. The molecule has 98 valence electrons. The third-order valence-corrected chi connectivity index (χ3v) is 3.04. The molecule has 0 bridgehead atoms. The first-order chi connectivity index (χ1) is 8.45. The summed E-state index contributed by atoms with van der Waals surface area (Å²) in [6.45, 7) is 1.72. The van der Waals surface area contributed by atoms with Crippen LogP contribution in [0.2, 0.25) is 0 Å². The molecular formula is C11H13BrN2O4. The van der Waals surface area contributed by atoms with E-state index >= 15 is 0 Å². The number of rotatable bonds is 5. The van der Waals surface area contributed by atoms with E-state index in [0.29, 0.717) is 10.9 Å². The Morgan fingerprint density at radius 3 is 2.83 bits per heavy atom. The Bertz CT molecular complexity index is 464. The Balaban J connectivity index is 2.91. The van der Waals surface area contributed by atoms with Crippen LogP contribution in [0.4, 0.5) is 5.69 Å². The maximum absolute atomic E-state index is 11.9. The number of benzene rings is 1. The highest BCUT2D eigenvalue weighted by atomic mass is 79.9. The average molecular weight is 317 g/mol. The van der Waals surface area contributed by atoms with E-state index in [2.05, 4.69) is 21.2 Å². The van der Waals surface area contributed by atoms with E-state index in [1.165, 1.54) is 18.2 Å². The van der Waals surface area contributed by atoms with E-state index < -0.39 is 10.8 Å². The summed E-state index contributed by atoms with van der Waals surface area (Å²) in [4.78, 5) is 22.0. The molecule has 6 nitrogen and oxygen atoms in total. The lowest BCUT2D eigenvalue weighted by Crippen LogP contribution is -2.33. The second-order valence-corrected chi connectivity index (χ2v) is 4.66. The molecule has 1 rings (SSSR count).